The number of hydrogen-bond donors (Lipinski definition) is 1. The number of methoxy groups -OCH3 is 1. The van der Waals surface area contributed by atoms with Gasteiger partial charge in [0.1, 0.15) is 29.6 Å². The third-order valence-corrected chi connectivity index (χ3v) is 10.9. The smallest absolute Gasteiger partial charge is 0.410 e. The molecule has 0 unspecified atom stereocenters. The van der Waals surface area contributed by atoms with Gasteiger partial charge in [-0.3, -0.25) is 14.7 Å². The molecule has 0 spiro atoms. The lowest BCUT2D eigenvalue weighted by Crippen LogP contribution is -2.55. The van der Waals surface area contributed by atoms with Crippen molar-refractivity contribution in [3.8, 4) is 17.0 Å². The average Bonchev–Trinajstić information content (AvgIpc) is 3.86. The van der Waals surface area contributed by atoms with Crippen molar-refractivity contribution in [1.82, 2.24) is 19.9 Å². The number of rotatable bonds is 12. The van der Waals surface area contributed by atoms with Crippen LogP contribution >= 0.6 is 0 Å². The molecule has 4 aliphatic rings. The zero-order valence-corrected chi connectivity index (χ0v) is 29.2. The molecule has 0 radical (unpaired) electrons. The molecule has 1 saturated heterocycles. The van der Waals surface area contributed by atoms with Crippen LogP contribution in [0.2, 0.25) is 0 Å². The van der Waals surface area contributed by atoms with Gasteiger partial charge in [-0.1, -0.05) is 0 Å². The molecule has 0 aromatic carbocycles. The van der Waals surface area contributed by atoms with E-state index in [1.54, 1.807) is 24.5 Å². The molecule has 2 amide bonds. The van der Waals surface area contributed by atoms with Crippen molar-refractivity contribution in [3.63, 3.8) is 0 Å². The van der Waals surface area contributed by atoms with Gasteiger partial charge in [-0.05, 0) is 101 Å². The third-order valence-electron chi connectivity index (χ3n) is 10.9. The van der Waals surface area contributed by atoms with E-state index in [0.717, 1.165) is 72.8 Å². The van der Waals surface area contributed by atoms with E-state index >= 15 is 0 Å². The molecule has 12 heteroatoms. The number of hydrogen-bond acceptors (Lipinski definition) is 10. The van der Waals surface area contributed by atoms with Crippen LogP contribution in [0.25, 0.3) is 11.3 Å². The Morgan fingerprint density at radius 1 is 0.960 bits per heavy atom. The maximum Gasteiger partial charge on any atom is 0.410 e. The Balaban J connectivity index is 1.00. The SMILES string of the molecule is COc1ccc([C@H]2CC[C@H](CN(c3cc(-c4coc(C5CC5)n4)ccn3)C(=O)[C@H]3CC[C@H](OC(=O)N4CC(OCCO)C4)CC3)CC2)nc1C. The molecule has 268 valence electrons. The number of nitrogens with zero attached hydrogens (tertiary/aromatic N) is 5. The number of carbonyl (C=O) groups is 2. The van der Waals surface area contributed by atoms with E-state index in [-0.39, 0.29) is 43.3 Å². The fourth-order valence-electron chi connectivity index (χ4n) is 7.65. The molecule has 50 heavy (non-hydrogen) atoms. The van der Waals surface area contributed by atoms with Gasteiger partial charge in [0, 0.05) is 41.8 Å². The number of pyridine rings is 2. The second-order valence-corrected chi connectivity index (χ2v) is 14.4. The number of aryl methyl sites for hydroxylation is 1. The number of carbonyl (C=O) groups excluding carboxylic acids is 2. The van der Waals surface area contributed by atoms with Crippen LogP contribution in [0.5, 0.6) is 5.75 Å². The molecule has 3 aromatic heterocycles. The minimum atomic E-state index is -0.334. The average molecular weight is 688 g/mol. The van der Waals surface area contributed by atoms with Crippen LogP contribution in [0.1, 0.15) is 93.3 Å². The van der Waals surface area contributed by atoms with Crippen molar-refractivity contribution in [2.75, 3.05) is 44.9 Å². The fourth-order valence-corrected chi connectivity index (χ4v) is 7.65. The van der Waals surface area contributed by atoms with Crippen molar-refractivity contribution in [1.29, 1.82) is 0 Å². The van der Waals surface area contributed by atoms with Crippen LogP contribution in [-0.2, 0) is 14.3 Å². The van der Waals surface area contributed by atoms with Gasteiger partial charge >= 0.3 is 6.09 Å². The number of oxazole rings is 1. The van der Waals surface area contributed by atoms with E-state index in [2.05, 4.69) is 6.07 Å². The summed E-state index contributed by atoms with van der Waals surface area (Å²) in [6.45, 7) is 3.77. The second-order valence-electron chi connectivity index (χ2n) is 14.4. The molecule has 0 bridgehead atoms. The number of aromatic nitrogens is 3. The molecule has 1 N–H and O–H groups in total. The minimum Gasteiger partial charge on any atom is -0.495 e. The molecular formula is C38H49N5O7. The number of aliphatic hydroxyl groups is 1. The standard InChI is InChI=1S/C38H49N5O7/c1-24-34(47-2)14-13-32(40-24)26-5-3-25(4-6-26)20-43(35-19-29(15-16-39-35)33-23-49-36(41-33)27-7-8-27)37(45)28-9-11-30(12-10-28)50-38(46)42-21-31(22-42)48-18-17-44/h13-16,19,23,25-28,30-31,44H,3-12,17-18,20-22H2,1-2H3/t25-,26-,28-,30-. The highest BCUT2D eigenvalue weighted by molar-refractivity contribution is 5.94. The van der Waals surface area contributed by atoms with Crippen LogP contribution in [0, 0.1) is 18.8 Å². The Morgan fingerprint density at radius 2 is 1.72 bits per heavy atom. The Kier molecular flexibility index (Phi) is 10.6. The molecule has 3 aliphatic carbocycles. The monoisotopic (exact) mass is 687 g/mol. The lowest BCUT2D eigenvalue weighted by molar-refractivity contribution is -0.124. The Hall–Kier alpha value is -4.03. The van der Waals surface area contributed by atoms with E-state index in [1.807, 2.05) is 30.0 Å². The number of aliphatic hydroxyl groups excluding tert-OH is 1. The van der Waals surface area contributed by atoms with Crippen LogP contribution in [0.3, 0.4) is 0 Å². The summed E-state index contributed by atoms with van der Waals surface area (Å²) in [6, 6.07) is 7.99. The summed E-state index contributed by atoms with van der Waals surface area (Å²) in [7, 11) is 1.67. The van der Waals surface area contributed by atoms with Gasteiger partial charge in [0.2, 0.25) is 5.91 Å². The number of ether oxygens (including phenoxy) is 3. The topological polar surface area (TPSA) is 140 Å². The highest BCUT2D eigenvalue weighted by Crippen LogP contribution is 2.41. The summed E-state index contributed by atoms with van der Waals surface area (Å²) in [4.78, 5) is 44.9. The predicted molar refractivity (Wildman–Crippen MR) is 185 cm³/mol. The quantitative estimate of drug-likeness (QED) is 0.240. The molecule has 12 nitrogen and oxygen atoms in total. The maximum atomic E-state index is 14.4. The van der Waals surface area contributed by atoms with Gasteiger partial charge in [-0.25, -0.2) is 14.8 Å². The van der Waals surface area contributed by atoms with Gasteiger partial charge in [0.05, 0.1) is 45.2 Å². The van der Waals surface area contributed by atoms with Crippen LogP contribution in [0.4, 0.5) is 10.6 Å². The van der Waals surface area contributed by atoms with E-state index < -0.39 is 0 Å². The van der Waals surface area contributed by atoms with Gasteiger partial charge in [-0.15, -0.1) is 0 Å². The molecule has 4 heterocycles. The van der Waals surface area contributed by atoms with Gasteiger partial charge in [0.25, 0.3) is 0 Å². The predicted octanol–water partition coefficient (Wildman–Crippen LogP) is 6.02. The number of likely N-dealkylation sites (tertiary alicyclic amines) is 1. The van der Waals surface area contributed by atoms with Crippen LogP contribution in [0.15, 0.2) is 41.1 Å². The first kappa shape index (κ1) is 34.4. The Labute approximate surface area is 293 Å². The molecule has 3 aromatic rings. The normalized spacial score (nSPS) is 24.0. The first-order valence-electron chi connectivity index (χ1n) is 18.3. The van der Waals surface area contributed by atoms with Crippen molar-refractivity contribution >= 4 is 17.8 Å². The summed E-state index contributed by atoms with van der Waals surface area (Å²) < 4.78 is 22.5. The van der Waals surface area contributed by atoms with Gasteiger partial charge in [-0.2, -0.15) is 0 Å². The highest BCUT2D eigenvalue weighted by atomic mass is 16.6. The second kappa shape index (κ2) is 15.5. The van der Waals surface area contributed by atoms with Gasteiger partial charge in [0.15, 0.2) is 5.89 Å². The summed E-state index contributed by atoms with van der Waals surface area (Å²) in [5, 5.41) is 8.94. The fraction of sp³-hybridized carbons (Fsp3) is 0.605. The van der Waals surface area contributed by atoms with Crippen molar-refractivity contribution in [3.05, 3.63) is 54.0 Å². The number of anilines is 1. The van der Waals surface area contributed by atoms with Gasteiger partial charge < -0.3 is 28.6 Å². The summed E-state index contributed by atoms with van der Waals surface area (Å²) in [5.74, 6) is 3.29. The minimum absolute atomic E-state index is 0.0339. The molecule has 3 saturated carbocycles. The molecule has 1 aliphatic heterocycles. The van der Waals surface area contributed by atoms with Crippen LogP contribution < -0.4 is 9.64 Å². The molecule has 0 atom stereocenters. The first-order valence-corrected chi connectivity index (χ1v) is 18.3. The van der Waals surface area contributed by atoms with Crippen molar-refractivity contribution in [2.45, 2.75) is 95.2 Å². The highest BCUT2D eigenvalue weighted by Gasteiger charge is 2.37. The molecular weight excluding hydrogens is 638 g/mol. The Bertz CT molecular complexity index is 1620. The molecule has 4 fully saturated rings. The lowest BCUT2D eigenvalue weighted by atomic mass is 9.79. The lowest BCUT2D eigenvalue weighted by Gasteiger charge is -2.39. The van der Waals surface area contributed by atoms with Crippen molar-refractivity contribution in [2.24, 2.45) is 11.8 Å². The summed E-state index contributed by atoms with van der Waals surface area (Å²) in [6.07, 6.45) is 11.7. The van der Waals surface area contributed by atoms with Crippen molar-refractivity contribution < 1.29 is 33.3 Å². The molecule has 7 rings (SSSR count). The van der Waals surface area contributed by atoms with E-state index in [4.69, 9.17) is 38.7 Å². The number of amides is 2. The van der Waals surface area contributed by atoms with E-state index in [0.29, 0.717) is 68.9 Å². The zero-order valence-electron chi connectivity index (χ0n) is 29.2. The van der Waals surface area contributed by atoms with E-state index in [1.165, 1.54) is 0 Å². The largest absolute Gasteiger partial charge is 0.495 e. The third kappa shape index (κ3) is 7.96. The first-order chi connectivity index (χ1) is 24.4. The van der Waals surface area contributed by atoms with Crippen LogP contribution in [-0.4, -0.2) is 89.1 Å². The maximum absolute atomic E-state index is 14.4. The zero-order chi connectivity index (χ0) is 34.6. The van der Waals surface area contributed by atoms with E-state index in [9.17, 15) is 9.59 Å². The summed E-state index contributed by atoms with van der Waals surface area (Å²) >= 11 is 0. The summed E-state index contributed by atoms with van der Waals surface area (Å²) in [5.41, 5.74) is 3.68. The Morgan fingerprint density at radius 3 is 2.42 bits per heavy atom.